The van der Waals surface area contributed by atoms with Gasteiger partial charge in [-0.25, -0.2) is 13.1 Å². The Balaban J connectivity index is 2.93. The molecule has 1 N–H and O–H groups in total. The largest absolute Gasteiger partial charge is 0.339 e. The molecule has 21 heavy (non-hydrogen) atoms. The number of nitrogens with zero attached hydrogens (tertiary/aromatic N) is 1. The Bertz CT molecular complexity index is 547. The number of sulfonamides is 1. The van der Waals surface area contributed by atoms with Gasteiger partial charge in [0.25, 0.3) is 5.91 Å². The van der Waals surface area contributed by atoms with Crippen molar-refractivity contribution in [3.8, 4) is 0 Å². The van der Waals surface area contributed by atoms with E-state index >= 15 is 0 Å². The van der Waals surface area contributed by atoms with Gasteiger partial charge in [0.05, 0.1) is 4.90 Å². The Hall–Kier alpha value is -1.40. The maximum atomic E-state index is 12.4. The number of hydrogen-bond donors (Lipinski definition) is 1. The highest BCUT2D eigenvalue weighted by Gasteiger charge is 2.16. The normalized spacial score (nSPS) is 11.4. The van der Waals surface area contributed by atoms with E-state index in [-0.39, 0.29) is 10.8 Å². The van der Waals surface area contributed by atoms with Crippen molar-refractivity contribution in [2.45, 2.75) is 38.5 Å². The van der Waals surface area contributed by atoms with E-state index in [4.69, 9.17) is 0 Å². The lowest BCUT2D eigenvalue weighted by Gasteiger charge is -2.21. The molecule has 0 fully saturated rings. The Morgan fingerprint density at radius 1 is 1.05 bits per heavy atom. The molecule has 0 aromatic heterocycles. The molecule has 0 aliphatic heterocycles. The van der Waals surface area contributed by atoms with Gasteiger partial charge in [0.1, 0.15) is 0 Å². The van der Waals surface area contributed by atoms with Crippen molar-refractivity contribution in [1.29, 1.82) is 0 Å². The van der Waals surface area contributed by atoms with Crippen molar-refractivity contribution >= 4 is 15.9 Å². The third-order valence-corrected chi connectivity index (χ3v) is 4.58. The predicted octanol–water partition coefficient (Wildman–Crippen LogP) is 2.25. The monoisotopic (exact) mass is 312 g/mol. The first-order chi connectivity index (χ1) is 9.96. The smallest absolute Gasteiger partial charge is 0.253 e. The minimum absolute atomic E-state index is 0.0499. The number of rotatable bonds is 8. The molecule has 0 bridgehead atoms. The topological polar surface area (TPSA) is 66.5 Å². The second kappa shape index (κ2) is 8.14. The zero-order valence-corrected chi connectivity index (χ0v) is 13.7. The molecule has 0 saturated carbocycles. The van der Waals surface area contributed by atoms with Crippen molar-refractivity contribution < 1.29 is 13.2 Å². The SMILES string of the molecule is CCCN(CCC)C(=O)c1ccc(S(=O)(=O)NCC)cc1. The van der Waals surface area contributed by atoms with Crippen LogP contribution in [0.2, 0.25) is 0 Å². The summed E-state index contributed by atoms with van der Waals surface area (Å²) in [7, 11) is -3.47. The van der Waals surface area contributed by atoms with Crippen LogP contribution < -0.4 is 4.72 Å². The molecule has 1 amide bonds. The summed E-state index contributed by atoms with van der Waals surface area (Å²) < 4.78 is 26.1. The summed E-state index contributed by atoms with van der Waals surface area (Å²) in [6, 6.07) is 6.10. The first kappa shape index (κ1) is 17.7. The summed E-state index contributed by atoms with van der Waals surface area (Å²) in [5.41, 5.74) is 0.521. The Morgan fingerprint density at radius 3 is 2.00 bits per heavy atom. The number of carbonyl (C=O) groups excluding carboxylic acids is 1. The predicted molar refractivity (Wildman–Crippen MR) is 83.8 cm³/mol. The van der Waals surface area contributed by atoms with Crippen molar-refractivity contribution in [2.75, 3.05) is 19.6 Å². The van der Waals surface area contributed by atoms with E-state index in [0.29, 0.717) is 25.2 Å². The van der Waals surface area contributed by atoms with Crippen molar-refractivity contribution in [3.05, 3.63) is 29.8 Å². The van der Waals surface area contributed by atoms with Gasteiger partial charge in [0.15, 0.2) is 0 Å². The summed E-state index contributed by atoms with van der Waals surface area (Å²) in [5.74, 6) is -0.0499. The summed E-state index contributed by atoms with van der Waals surface area (Å²) in [6.07, 6.45) is 1.80. The van der Waals surface area contributed by atoms with E-state index in [9.17, 15) is 13.2 Å². The number of nitrogens with one attached hydrogen (secondary N) is 1. The van der Waals surface area contributed by atoms with E-state index in [1.165, 1.54) is 12.1 Å². The highest BCUT2D eigenvalue weighted by atomic mass is 32.2. The maximum Gasteiger partial charge on any atom is 0.253 e. The molecule has 1 aromatic carbocycles. The van der Waals surface area contributed by atoms with E-state index in [2.05, 4.69) is 4.72 Å². The highest BCUT2D eigenvalue weighted by molar-refractivity contribution is 7.89. The molecule has 5 nitrogen and oxygen atoms in total. The minimum atomic E-state index is -3.47. The van der Waals surface area contributed by atoms with E-state index in [1.807, 2.05) is 13.8 Å². The first-order valence-corrected chi connectivity index (χ1v) is 8.83. The van der Waals surface area contributed by atoms with E-state index in [0.717, 1.165) is 12.8 Å². The van der Waals surface area contributed by atoms with Gasteiger partial charge in [-0.1, -0.05) is 20.8 Å². The third kappa shape index (κ3) is 4.82. The van der Waals surface area contributed by atoms with Crippen LogP contribution in [0.3, 0.4) is 0 Å². The van der Waals surface area contributed by atoms with Gasteiger partial charge in [0, 0.05) is 25.2 Å². The van der Waals surface area contributed by atoms with Gasteiger partial charge in [0.2, 0.25) is 10.0 Å². The molecule has 6 heteroatoms. The molecule has 0 saturated heterocycles. The van der Waals surface area contributed by atoms with Crippen LogP contribution in [0.4, 0.5) is 0 Å². The fourth-order valence-electron chi connectivity index (χ4n) is 2.09. The molecule has 0 unspecified atom stereocenters. The maximum absolute atomic E-state index is 12.4. The Morgan fingerprint density at radius 2 is 1.57 bits per heavy atom. The lowest BCUT2D eigenvalue weighted by Crippen LogP contribution is -2.32. The average molecular weight is 312 g/mol. The van der Waals surface area contributed by atoms with Crippen LogP contribution in [0.25, 0.3) is 0 Å². The van der Waals surface area contributed by atoms with Gasteiger partial charge >= 0.3 is 0 Å². The van der Waals surface area contributed by atoms with Crippen LogP contribution in [0, 0.1) is 0 Å². The van der Waals surface area contributed by atoms with Gasteiger partial charge in [-0.3, -0.25) is 4.79 Å². The Labute approximate surface area is 127 Å². The molecule has 0 aliphatic rings. The van der Waals surface area contributed by atoms with Crippen molar-refractivity contribution in [2.24, 2.45) is 0 Å². The average Bonchev–Trinajstić information content (AvgIpc) is 2.46. The van der Waals surface area contributed by atoms with Crippen molar-refractivity contribution in [1.82, 2.24) is 9.62 Å². The van der Waals surface area contributed by atoms with Gasteiger partial charge in [-0.2, -0.15) is 0 Å². The van der Waals surface area contributed by atoms with Crippen LogP contribution in [0.1, 0.15) is 44.0 Å². The fraction of sp³-hybridized carbons (Fsp3) is 0.533. The number of carbonyl (C=O) groups is 1. The molecule has 1 rings (SSSR count). The molecule has 0 radical (unpaired) electrons. The van der Waals surface area contributed by atoms with Crippen LogP contribution in [0.5, 0.6) is 0 Å². The summed E-state index contributed by atoms with van der Waals surface area (Å²) in [5, 5.41) is 0. The summed E-state index contributed by atoms with van der Waals surface area (Å²) in [6.45, 7) is 7.55. The molecule has 118 valence electrons. The highest BCUT2D eigenvalue weighted by Crippen LogP contribution is 2.12. The van der Waals surface area contributed by atoms with Crippen LogP contribution in [-0.4, -0.2) is 38.9 Å². The zero-order valence-electron chi connectivity index (χ0n) is 12.9. The number of benzene rings is 1. The molecule has 1 aromatic rings. The standard InChI is InChI=1S/C15H24N2O3S/c1-4-11-17(12-5-2)15(18)13-7-9-14(10-8-13)21(19,20)16-6-3/h7-10,16H,4-6,11-12H2,1-3H3. The molecule has 0 atom stereocenters. The van der Waals surface area contributed by atoms with Crippen LogP contribution in [0.15, 0.2) is 29.2 Å². The lowest BCUT2D eigenvalue weighted by atomic mass is 10.2. The fourth-order valence-corrected chi connectivity index (χ4v) is 3.13. The summed E-state index contributed by atoms with van der Waals surface area (Å²) in [4.78, 5) is 14.4. The van der Waals surface area contributed by atoms with Gasteiger partial charge in [-0.05, 0) is 37.1 Å². The van der Waals surface area contributed by atoms with Crippen LogP contribution in [-0.2, 0) is 10.0 Å². The third-order valence-electron chi connectivity index (χ3n) is 3.02. The van der Waals surface area contributed by atoms with Gasteiger partial charge < -0.3 is 4.90 Å². The molecular formula is C15H24N2O3S. The second-order valence-corrected chi connectivity index (χ2v) is 6.58. The Kier molecular flexibility index (Phi) is 6.84. The molecule has 0 heterocycles. The zero-order chi connectivity index (χ0) is 15.9. The van der Waals surface area contributed by atoms with E-state index in [1.54, 1.807) is 24.0 Å². The number of amides is 1. The molecule has 0 spiro atoms. The minimum Gasteiger partial charge on any atom is -0.339 e. The molecular weight excluding hydrogens is 288 g/mol. The van der Waals surface area contributed by atoms with Crippen LogP contribution >= 0.6 is 0 Å². The van der Waals surface area contributed by atoms with Crippen molar-refractivity contribution in [3.63, 3.8) is 0 Å². The van der Waals surface area contributed by atoms with E-state index < -0.39 is 10.0 Å². The number of hydrogen-bond acceptors (Lipinski definition) is 3. The molecule has 0 aliphatic carbocycles. The second-order valence-electron chi connectivity index (χ2n) is 4.82. The quantitative estimate of drug-likeness (QED) is 0.800. The van der Waals surface area contributed by atoms with Gasteiger partial charge in [-0.15, -0.1) is 0 Å². The first-order valence-electron chi connectivity index (χ1n) is 7.35. The summed E-state index contributed by atoms with van der Waals surface area (Å²) >= 11 is 0. The lowest BCUT2D eigenvalue weighted by molar-refractivity contribution is 0.0755.